The van der Waals surface area contributed by atoms with Crippen LogP contribution in [0.4, 0.5) is 0 Å². The first-order chi connectivity index (χ1) is 8.74. The van der Waals surface area contributed by atoms with Crippen molar-refractivity contribution in [3.05, 3.63) is 30.0 Å². The van der Waals surface area contributed by atoms with Crippen molar-refractivity contribution in [2.75, 3.05) is 6.79 Å². The van der Waals surface area contributed by atoms with Gasteiger partial charge in [-0.05, 0) is 18.2 Å². The Kier molecular flexibility index (Phi) is 2.40. The minimum absolute atomic E-state index is 0.0692. The van der Waals surface area contributed by atoms with Gasteiger partial charge in [-0.3, -0.25) is 9.89 Å². The molecular weight excluding hydrogens is 236 g/mol. The van der Waals surface area contributed by atoms with Crippen LogP contribution in [-0.2, 0) is 11.2 Å². The van der Waals surface area contributed by atoms with Crippen LogP contribution in [0.5, 0.6) is 11.5 Å². The summed E-state index contributed by atoms with van der Waals surface area (Å²) in [6, 6.07) is 5.44. The highest BCUT2D eigenvalue weighted by atomic mass is 16.7. The molecule has 0 radical (unpaired) electrons. The van der Waals surface area contributed by atoms with Crippen LogP contribution >= 0.6 is 0 Å². The molecule has 1 aromatic heterocycles. The van der Waals surface area contributed by atoms with E-state index in [4.69, 9.17) is 14.6 Å². The lowest BCUT2D eigenvalue weighted by Gasteiger charge is -2.03. The van der Waals surface area contributed by atoms with Crippen molar-refractivity contribution >= 4 is 5.97 Å². The largest absolute Gasteiger partial charge is 0.481 e. The smallest absolute Gasteiger partial charge is 0.307 e. The van der Waals surface area contributed by atoms with Crippen LogP contribution in [0.25, 0.3) is 11.3 Å². The van der Waals surface area contributed by atoms with E-state index in [1.165, 1.54) is 6.20 Å². The van der Waals surface area contributed by atoms with E-state index >= 15 is 0 Å². The Hall–Kier alpha value is -2.50. The molecule has 1 aromatic carbocycles. The number of carbonyl (C=O) groups is 1. The SMILES string of the molecule is O=C(O)Cc1cn[nH]c1-c1ccc2c(c1)OCO2. The van der Waals surface area contributed by atoms with E-state index in [9.17, 15) is 4.79 Å². The van der Waals surface area contributed by atoms with E-state index in [-0.39, 0.29) is 13.2 Å². The van der Waals surface area contributed by atoms with Crippen LogP contribution < -0.4 is 9.47 Å². The van der Waals surface area contributed by atoms with Crippen LogP contribution in [0.1, 0.15) is 5.56 Å². The fourth-order valence-electron chi connectivity index (χ4n) is 1.91. The van der Waals surface area contributed by atoms with Gasteiger partial charge in [-0.25, -0.2) is 0 Å². The third kappa shape index (κ3) is 1.77. The predicted octanol–water partition coefficient (Wildman–Crippen LogP) is 1.43. The molecule has 6 heteroatoms. The van der Waals surface area contributed by atoms with E-state index in [2.05, 4.69) is 10.2 Å². The van der Waals surface area contributed by atoms with Crippen LogP contribution in [0.15, 0.2) is 24.4 Å². The number of fused-ring (bicyclic) bond motifs is 1. The summed E-state index contributed by atoms with van der Waals surface area (Å²) in [5, 5.41) is 15.5. The normalized spacial score (nSPS) is 12.7. The van der Waals surface area contributed by atoms with E-state index < -0.39 is 5.97 Å². The molecule has 3 rings (SSSR count). The zero-order valence-electron chi connectivity index (χ0n) is 9.34. The number of ether oxygens (including phenoxy) is 2. The molecule has 6 nitrogen and oxygen atoms in total. The van der Waals surface area contributed by atoms with E-state index in [0.717, 1.165) is 5.56 Å². The minimum Gasteiger partial charge on any atom is -0.481 e. The molecule has 1 aliphatic rings. The maximum absolute atomic E-state index is 10.8. The Labute approximate surface area is 102 Å². The highest BCUT2D eigenvalue weighted by Crippen LogP contribution is 2.36. The Balaban J connectivity index is 1.99. The maximum Gasteiger partial charge on any atom is 0.307 e. The second-order valence-corrected chi connectivity index (χ2v) is 3.91. The molecule has 18 heavy (non-hydrogen) atoms. The van der Waals surface area contributed by atoms with Crippen molar-refractivity contribution in [2.45, 2.75) is 6.42 Å². The molecule has 0 atom stereocenters. The zero-order chi connectivity index (χ0) is 12.5. The van der Waals surface area contributed by atoms with Crippen molar-refractivity contribution in [1.29, 1.82) is 0 Å². The average Bonchev–Trinajstić information content (AvgIpc) is 2.95. The molecule has 2 N–H and O–H groups in total. The number of H-pyrrole nitrogens is 1. The van der Waals surface area contributed by atoms with Crippen LogP contribution in [0, 0.1) is 0 Å². The van der Waals surface area contributed by atoms with Gasteiger partial charge in [-0.1, -0.05) is 0 Å². The molecule has 0 amide bonds. The summed E-state index contributed by atoms with van der Waals surface area (Å²) < 4.78 is 10.5. The first-order valence-corrected chi connectivity index (χ1v) is 5.38. The van der Waals surface area contributed by atoms with Crippen LogP contribution in [0.2, 0.25) is 0 Å². The predicted molar refractivity (Wildman–Crippen MR) is 61.5 cm³/mol. The van der Waals surface area contributed by atoms with E-state index in [1.807, 2.05) is 6.07 Å². The first kappa shape index (κ1) is 10.6. The highest BCUT2D eigenvalue weighted by molar-refractivity contribution is 5.75. The number of benzene rings is 1. The third-order valence-electron chi connectivity index (χ3n) is 2.72. The number of aliphatic carboxylic acids is 1. The van der Waals surface area contributed by atoms with Gasteiger partial charge in [0.2, 0.25) is 6.79 Å². The van der Waals surface area contributed by atoms with Gasteiger partial charge in [0.15, 0.2) is 11.5 Å². The molecule has 0 bridgehead atoms. The summed E-state index contributed by atoms with van der Waals surface area (Å²) in [7, 11) is 0. The Bertz CT molecular complexity index is 606. The van der Waals surface area contributed by atoms with Gasteiger partial charge in [0.25, 0.3) is 0 Å². The number of aromatic nitrogens is 2. The van der Waals surface area contributed by atoms with Gasteiger partial charge in [-0.2, -0.15) is 5.10 Å². The molecule has 92 valence electrons. The molecule has 0 spiro atoms. The highest BCUT2D eigenvalue weighted by Gasteiger charge is 2.16. The molecule has 0 unspecified atom stereocenters. The molecular formula is C12H10N2O4. The monoisotopic (exact) mass is 246 g/mol. The molecule has 0 saturated carbocycles. The lowest BCUT2D eigenvalue weighted by atomic mass is 10.1. The first-order valence-electron chi connectivity index (χ1n) is 5.38. The summed E-state index contributed by atoms with van der Waals surface area (Å²) in [5.41, 5.74) is 2.16. The fourth-order valence-corrected chi connectivity index (χ4v) is 1.91. The summed E-state index contributed by atoms with van der Waals surface area (Å²) in [4.78, 5) is 10.8. The number of rotatable bonds is 3. The Morgan fingerprint density at radius 3 is 3.06 bits per heavy atom. The molecule has 2 heterocycles. The number of carboxylic acid groups (broad SMARTS) is 1. The van der Waals surface area contributed by atoms with E-state index in [0.29, 0.717) is 22.8 Å². The maximum atomic E-state index is 10.8. The summed E-state index contributed by atoms with van der Waals surface area (Å²) in [5.74, 6) is 0.458. The average molecular weight is 246 g/mol. The Morgan fingerprint density at radius 1 is 1.39 bits per heavy atom. The summed E-state index contributed by atoms with van der Waals surface area (Å²) >= 11 is 0. The van der Waals surface area contributed by atoms with Crippen molar-refractivity contribution < 1.29 is 19.4 Å². The second kappa shape index (κ2) is 4.06. The molecule has 1 aliphatic heterocycles. The molecule has 0 fully saturated rings. The zero-order valence-corrected chi connectivity index (χ0v) is 9.34. The van der Waals surface area contributed by atoms with Crippen LogP contribution in [-0.4, -0.2) is 28.1 Å². The topological polar surface area (TPSA) is 84.4 Å². The second-order valence-electron chi connectivity index (χ2n) is 3.91. The lowest BCUT2D eigenvalue weighted by Crippen LogP contribution is -2.00. The van der Waals surface area contributed by atoms with Gasteiger partial charge < -0.3 is 14.6 Å². The number of nitrogens with zero attached hydrogens (tertiary/aromatic N) is 1. The minimum atomic E-state index is -0.890. The van der Waals surface area contributed by atoms with Gasteiger partial charge in [-0.15, -0.1) is 0 Å². The van der Waals surface area contributed by atoms with Crippen molar-refractivity contribution in [2.24, 2.45) is 0 Å². The van der Waals surface area contributed by atoms with Crippen molar-refractivity contribution in [1.82, 2.24) is 10.2 Å². The Morgan fingerprint density at radius 2 is 2.22 bits per heavy atom. The number of carboxylic acids is 1. The van der Waals surface area contributed by atoms with Gasteiger partial charge in [0.1, 0.15) is 0 Å². The number of hydrogen-bond acceptors (Lipinski definition) is 4. The van der Waals surface area contributed by atoms with Gasteiger partial charge in [0.05, 0.1) is 18.3 Å². The van der Waals surface area contributed by atoms with Gasteiger partial charge in [0, 0.05) is 11.1 Å². The number of nitrogens with one attached hydrogen (secondary N) is 1. The lowest BCUT2D eigenvalue weighted by molar-refractivity contribution is -0.136. The van der Waals surface area contributed by atoms with Gasteiger partial charge >= 0.3 is 5.97 Å². The van der Waals surface area contributed by atoms with Crippen molar-refractivity contribution in [3.63, 3.8) is 0 Å². The number of aromatic amines is 1. The quantitative estimate of drug-likeness (QED) is 0.855. The van der Waals surface area contributed by atoms with Crippen LogP contribution in [0.3, 0.4) is 0 Å². The fraction of sp³-hybridized carbons (Fsp3) is 0.167. The standard InChI is InChI=1S/C12H10N2O4/c15-11(16)4-8-5-13-14-12(8)7-1-2-9-10(3-7)18-6-17-9/h1-3,5H,4,6H2,(H,13,14)(H,15,16). The van der Waals surface area contributed by atoms with E-state index in [1.54, 1.807) is 12.1 Å². The molecule has 0 saturated heterocycles. The molecule has 0 aliphatic carbocycles. The summed E-state index contributed by atoms with van der Waals surface area (Å²) in [6.45, 7) is 0.212. The van der Waals surface area contributed by atoms with Crippen molar-refractivity contribution in [3.8, 4) is 22.8 Å². The number of hydrogen-bond donors (Lipinski definition) is 2. The summed E-state index contributed by atoms with van der Waals surface area (Å²) in [6.07, 6.45) is 1.45. The molecule has 2 aromatic rings. The third-order valence-corrected chi connectivity index (χ3v) is 2.72.